The Morgan fingerprint density at radius 2 is 2.04 bits per heavy atom. The van der Waals surface area contributed by atoms with Gasteiger partial charge in [0.2, 0.25) is 0 Å². The number of ether oxygens (including phenoxy) is 1. The third kappa shape index (κ3) is 6.00. The van der Waals surface area contributed by atoms with Crippen LogP contribution in [-0.2, 0) is 9.53 Å². The highest BCUT2D eigenvalue weighted by Gasteiger charge is 2.40. The first kappa shape index (κ1) is 23.0. The minimum absolute atomic E-state index is 0.0701. The molecule has 0 heterocycles. The summed E-state index contributed by atoms with van der Waals surface area (Å²) in [5, 5.41) is 30.6. The molecule has 0 aliphatic heterocycles. The lowest BCUT2D eigenvalue weighted by Gasteiger charge is -2.37. The molecule has 1 aliphatic carbocycles. The number of hydrogen-bond donors (Lipinski definition) is 3. The smallest absolute Gasteiger partial charge is 0.333 e. The van der Waals surface area contributed by atoms with E-state index in [1.54, 1.807) is 6.92 Å². The van der Waals surface area contributed by atoms with Gasteiger partial charge in [0.15, 0.2) is 0 Å². The van der Waals surface area contributed by atoms with Gasteiger partial charge in [0, 0.05) is 29.9 Å². The maximum atomic E-state index is 11.3. The van der Waals surface area contributed by atoms with Crippen LogP contribution in [-0.4, -0.2) is 41.1 Å². The van der Waals surface area contributed by atoms with Crippen molar-refractivity contribution in [3.05, 3.63) is 22.4 Å². The summed E-state index contributed by atoms with van der Waals surface area (Å²) in [6, 6.07) is 0. The van der Waals surface area contributed by atoms with Crippen LogP contribution in [0.5, 0.6) is 0 Å². The standard InChI is InChI=1S/C20H33ClO5/c1-12(7-5-9-13(2)20(25)26-4)8-6-10-15-18(23)16(11-22)14(3)17(21)19(15)24/h9,12,14-16,18,22-24H,5-8,10-11H2,1-4H3/b13-9+/t12-,14?,15-,16-,18?/m1/s1. The molecule has 0 amide bonds. The van der Waals surface area contributed by atoms with Gasteiger partial charge in [-0.1, -0.05) is 44.4 Å². The fraction of sp³-hybridized carbons (Fsp3) is 0.750. The van der Waals surface area contributed by atoms with Crippen LogP contribution in [0.1, 0.15) is 52.9 Å². The maximum Gasteiger partial charge on any atom is 0.333 e. The number of carbonyl (C=O) groups excluding carboxylic acids is 1. The van der Waals surface area contributed by atoms with E-state index in [9.17, 15) is 20.1 Å². The van der Waals surface area contributed by atoms with Crippen molar-refractivity contribution in [2.75, 3.05) is 13.7 Å². The Morgan fingerprint density at radius 3 is 2.62 bits per heavy atom. The number of carbonyl (C=O) groups is 1. The SMILES string of the molecule is COC(=O)/C(C)=C/CC[C@@H](C)CCC[C@H]1C(O)=C(Cl)C(C)[C@@H](CO)C1O. The molecule has 150 valence electrons. The molecule has 26 heavy (non-hydrogen) atoms. The largest absolute Gasteiger partial charge is 0.511 e. The van der Waals surface area contributed by atoms with Crippen LogP contribution >= 0.6 is 11.6 Å². The monoisotopic (exact) mass is 388 g/mol. The van der Waals surface area contributed by atoms with Crippen LogP contribution in [0.2, 0.25) is 0 Å². The zero-order chi connectivity index (χ0) is 19.9. The van der Waals surface area contributed by atoms with E-state index in [0.717, 1.165) is 25.7 Å². The summed E-state index contributed by atoms with van der Waals surface area (Å²) >= 11 is 6.19. The van der Waals surface area contributed by atoms with Crippen LogP contribution in [0, 0.1) is 23.7 Å². The van der Waals surface area contributed by atoms with Crippen molar-refractivity contribution in [3.63, 3.8) is 0 Å². The van der Waals surface area contributed by atoms with Crippen LogP contribution in [0.25, 0.3) is 0 Å². The van der Waals surface area contributed by atoms with E-state index in [0.29, 0.717) is 22.9 Å². The van der Waals surface area contributed by atoms with Crippen LogP contribution < -0.4 is 0 Å². The number of allylic oxidation sites excluding steroid dienone is 2. The van der Waals surface area contributed by atoms with Crippen molar-refractivity contribution >= 4 is 17.6 Å². The number of esters is 1. The van der Waals surface area contributed by atoms with Gasteiger partial charge in [0.1, 0.15) is 5.76 Å². The number of halogens is 1. The van der Waals surface area contributed by atoms with E-state index in [1.807, 2.05) is 13.0 Å². The van der Waals surface area contributed by atoms with Crippen molar-refractivity contribution < 1.29 is 24.9 Å². The number of rotatable bonds is 9. The van der Waals surface area contributed by atoms with E-state index in [-0.39, 0.29) is 30.2 Å². The Balaban J connectivity index is 2.47. The first-order valence-electron chi connectivity index (χ1n) is 9.37. The van der Waals surface area contributed by atoms with Crippen molar-refractivity contribution in [3.8, 4) is 0 Å². The van der Waals surface area contributed by atoms with Gasteiger partial charge in [-0.15, -0.1) is 0 Å². The second-order valence-corrected chi connectivity index (χ2v) is 7.86. The summed E-state index contributed by atoms with van der Waals surface area (Å²) in [4.78, 5) is 11.3. The summed E-state index contributed by atoms with van der Waals surface area (Å²) in [6.45, 7) is 5.56. The zero-order valence-electron chi connectivity index (χ0n) is 16.2. The number of aliphatic hydroxyl groups excluding tert-OH is 3. The summed E-state index contributed by atoms with van der Waals surface area (Å²) in [7, 11) is 1.38. The second-order valence-electron chi connectivity index (χ2n) is 7.46. The van der Waals surface area contributed by atoms with E-state index in [4.69, 9.17) is 11.6 Å². The van der Waals surface area contributed by atoms with Gasteiger partial charge in [-0.05, 0) is 32.1 Å². The molecular weight excluding hydrogens is 356 g/mol. The van der Waals surface area contributed by atoms with E-state index >= 15 is 0 Å². The molecule has 0 aromatic heterocycles. The molecule has 5 nitrogen and oxygen atoms in total. The van der Waals surface area contributed by atoms with Gasteiger partial charge in [0.05, 0.1) is 18.2 Å². The summed E-state index contributed by atoms with van der Waals surface area (Å²) in [5.74, 6) is -0.753. The Bertz CT molecular complexity index is 528. The normalized spacial score (nSPS) is 28.2. The first-order valence-corrected chi connectivity index (χ1v) is 9.74. The first-order chi connectivity index (χ1) is 12.2. The Hall–Kier alpha value is -1.04. The third-order valence-electron chi connectivity index (χ3n) is 5.53. The van der Waals surface area contributed by atoms with Crippen molar-refractivity contribution in [1.29, 1.82) is 0 Å². The molecule has 0 aromatic carbocycles. The Labute approximate surface area is 161 Å². The molecule has 0 fully saturated rings. The predicted octanol–water partition coefficient (Wildman–Crippen LogP) is 3.94. The van der Waals surface area contributed by atoms with Crippen molar-refractivity contribution in [2.24, 2.45) is 23.7 Å². The molecule has 1 aliphatic rings. The van der Waals surface area contributed by atoms with Gasteiger partial charge < -0.3 is 20.1 Å². The molecule has 0 bridgehead atoms. The highest BCUT2D eigenvalue weighted by molar-refractivity contribution is 6.30. The fourth-order valence-corrected chi connectivity index (χ4v) is 3.89. The van der Waals surface area contributed by atoms with Crippen molar-refractivity contribution in [1.82, 2.24) is 0 Å². The molecule has 6 heteroatoms. The maximum absolute atomic E-state index is 11.3. The minimum Gasteiger partial charge on any atom is -0.511 e. The zero-order valence-corrected chi connectivity index (χ0v) is 17.0. The summed E-state index contributed by atoms with van der Waals surface area (Å²) in [5.41, 5.74) is 0.624. The van der Waals surface area contributed by atoms with Crippen LogP contribution in [0.4, 0.5) is 0 Å². The fourth-order valence-electron chi connectivity index (χ4n) is 3.59. The predicted molar refractivity (Wildman–Crippen MR) is 103 cm³/mol. The topological polar surface area (TPSA) is 87.0 Å². The molecule has 0 spiro atoms. The van der Waals surface area contributed by atoms with Crippen LogP contribution in [0.3, 0.4) is 0 Å². The second kappa shape index (κ2) is 11.0. The molecule has 2 unspecified atom stereocenters. The molecule has 0 aromatic rings. The van der Waals surface area contributed by atoms with E-state index in [2.05, 4.69) is 11.7 Å². The lowest BCUT2D eigenvalue weighted by Crippen LogP contribution is -2.41. The van der Waals surface area contributed by atoms with Gasteiger partial charge in [-0.3, -0.25) is 0 Å². The Morgan fingerprint density at radius 1 is 1.38 bits per heavy atom. The van der Waals surface area contributed by atoms with E-state index in [1.165, 1.54) is 7.11 Å². The van der Waals surface area contributed by atoms with Gasteiger partial charge in [-0.25, -0.2) is 4.79 Å². The van der Waals surface area contributed by atoms with Gasteiger partial charge >= 0.3 is 5.97 Å². The summed E-state index contributed by atoms with van der Waals surface area (Å²) in [6.07, 6.45) is 5.33. The molecule has 5 atom stereocenters. The summed E-state index contributed by atoms with van der Waals surface area (Å²) < 4.78 is 4.67. The lowest BCUT2D eigenvalue weighted by molar-refractivity contribution is -0.136. The molecule has 0 saturated carbocycles. The van der Waals surface area contributed by atoms with Crippen LogP contribution in [0.15, 0.2) is 22.4 Å². The van der Waals surface area contributed by atoms with Gasteiger partial charge in [-0.2, -0.15) is 0 Å². The molecular formula is C20H33ClO5. The number of methoxy groups -OCH3 is 1. The average molecular weight is 389 g/mol. The molecule has 0 radical (unpaired) electrons. The third-order valence-corrected chi connectivity index (χ3v) is 6.07. The highest BCUT2D eigenvalue weighted by Crippen LogP contribution is 2.41. The molecule has 0 saturated heterocycles. The average Bonchev–Trinajstić information content (AvgIpc) is 2.62. The van der Waals surface area contributed by atoms with Crippen molar-refractivity contribution in [2.45, 2.75) is 59.0 Å². The number of aliphatic hydroxyl groups is 3. The molecule has 3 N–H and O–H groups in total. The van der Waals surface area contributed by atoms with Gasteiger partial charge in [0.25, 0.3) is 0 Å². The minimum atomic E-state index is -0.779. The lowest BCUT2D eigenvalue weighted by atomic mass is 9.74. The van der Waals surface area contributed by atoms with E-state index < -0.39 is 12.0 Å². The number of hydrogen-bond acceptors (Lipinski definition) is 5. The Kier molecular flexibility index (Phi) is 9.69. The highest BCUT2D eigenvalue weighted by atomic mass is 35.5. The molecule has 1 rings (SSSR count). The quantitative estimate of drug-likeness (QED) is 0.411.